The van der Waals surface area contributed by atoms with Crippen molar-refractivity contribution in [2.45, 2.75) is 39.8 Å². The highest BCUT2D eigenvalue weighted by Crippen LogP contribution is 2.27. The molecule has 5 heteroatoms. The molecule has 0 aliphatic heterocycles. The number of thiazole rings is 1. The van der Waals surface area contributed by atoms with E-state index in [4.69, 9.17) is 0 Å². The molecule has 0 aromatic carbocycles. The zero-order chi connectivity index (χ0) is 13.0. The van der Waals surface area contributed by atoms with Crippen molar-refractivity contribution in [3.8, 4) is 0 Å². The van der Waals surface area contributed by atoms with Crippen molar-refractivity contribution in [2.75, 3.05) is 6.54 Å². The lowest BCUT2D eigenvalue weighted by molar-refractivity contribution is 0.600. The average molecular weight is 264 g/mol. The van der Waals surface area contributed by atoms with Gasteiger partial charge in [0.25, 0.3) is 0 Å². The van der Waals surface area contributed by atoms with E-state index in [2.05, 4.69) is 42.4 Å². The predicted octanol–water partition coefficient (Wildman–Crippen LogP) is 2.76. The maximum atomic E-state index is 4.36. The largest absolute Gasteiger partial charge is 0.305 e. The van der Waals surface area contributed by atoms with E-state index in [1.165, 1.54) is 10.4 Å². The smallest absolute Gasteiger partial charge is 0.0798 e. The first kappa shape index (κ1) is 13.2. The Labute approximate surface area is 112 Å². The molecule has 0 amide bonds. The Morgan fingerprint density at radius 2 is 2.28 bits per heavy atom. The summed E-state index contributed by atoms with van der Waals surface area (Å²) >= 11 is 1.71. The van der Waals surface area contributed by atoms with Crippen LogP contribution in [0, 0.1) is 6.92 Å². The Morgan fingerprint density at radius 1 is 1.44 bits per heavy atom. The molecule has 0 radical (unpaired) electrons. The summed E-state index contributed by atoms with van der Waals surface area (Å²) in [5.41, 5.74) is 4.24. The molecule has 1 unspecified atom stereocenters. The highest BCUT2D eigenvalue weighted by atomic mass is 32.1. The summed E-state index contributed by atoms with van der Waals surface area (Å²) in [7, 11) is 0. The van der Waals surface area contributed by atoms with Crippen LogP contribution in [0.15, 0.2) is 17.9 Å². The fraction of sp³-hybridized carbons (Fsp3) is 0.538. The second-order valence-corrected chi connectivity index (χ2v) is 5.20. The van der Waals surface area contributed by atoms with Gasteiger partial charge in [-0.05, 0) is 26.8 Å². The Kier molecular flexibility index (Phi) is 4.49. The zero-order valence-electron chi connectivity index (χ0n) is 11.2. The van der Waals surface area contributed by atoms with E-state index in [0.717, 1.165) is 25.2 Å². The van der Waals surface area contributed by atoms with Crippen molar-refractivity contribution in [1.29, 1.82) is 0 Å². The monoisotopic (exact) mass is 264 g/mol. The highest BCUT2D eigenvalue weighted by Gasteiger charge is 2.19. The van der Waals surface area contributed by atoms with E-state index in [-0.39, 0.29) is 6.04 Å². The van der Waals surface area contributed by atoms with E-state index in [1.807, 2.05) is 16.4 Å². The molecule has 18 heavy (non-hydrogen) atoms. The van der Waals surface area contributed by atoms with E-state index < -0.39 is 0 Å². The van der Waals surface area contributed by atoms with Gasteiger partial charge in [-0.1, -0.05) is 6.92 Å². The first-order valence-electron chi connectivity index (χ1n) is 6.42. The Hall–Kier alpha value is -1.20. The lowest BCUT2D eigenvalue weighted by Gasteiger charge is -2.16. The summed E-state index contributed by atoms with van der Waals surface area (Å²) in [5, 5.41) is 7.95. The van der Waals surface area contributed by atoms with E-state index >= 15 is 0 Å². The molecule has 0 saturated carbocycles. The molecule has 1 N–H and O–H groups in total. The first-order chi connectivity index (χ1) is 8.76. The highest BCUT2D eigenvalue weighted by molar-refractivity contribution is 7.09. The zero-order valence-corrected chi connectivity index (χ0v) is 12.0. The van der Waals surface area contributed by atoms with Gasteiger partial charge in [-0.25, -0.2) is 4.98 Å². The fourth-order valence-corrected chi connectivity index (χ4v) is 2.84. The molecule has 2 aromatic heterocycles. The van der Waals surface area contributed by atoms with E-state index in [0.29, 0.717) is 0 Å². The Morgan fingerprint density at radius 3 is 2.83 bits per heavy atom. The molecule has 2 aromatic rings. The summed E-state index contributed by atoms with van der Waals surface area (Å²) in [5.74, 6) is 0. The summed E-state index contributed by atoms with van der Waals surface area (Å²) in [4.78, 5) is 5.64. The van der Waals surface area contributed by atoms with Gasteiger partial charge in [-0.15, -0.1) is 11.3 Å². The summed E-state index contributed by atoms with van der Waals surface area (Å²) in [6.07, 6.45) is 5.19. The van der Waals surface area contributed by atoms with Gasteiger partial charge >= 0.3 is 0 Å². The van der Waals surface area contributed by atoms with Crippen molar-refractivity contribution in [3.63, 3.8) is 0 Å². The van der Waals surface area contributed by atoms with Gasteiger partial charge in [0, 0.05) is 23.2 Å². The van der Waals surface area contributed by atoms with Crippen LogP contribution in [0.3, 0.4) is 0 Å². The lowest BCUT2D eigenvalue weighted by atomic mass is 10.1. The van der Waals surface area contributed by atoms with Gasteiger partial charge in [0.05, 0.1) is 23.4 Å². The molecule has 0 spiro atoms. The van der Waals surface area contributed by atoms with Crippen LogP contribution in [-0.4, -0.2) is 21.3 Å². The third kappa shape index (κ3) is 2.79. The van der Waals surface area contributed by atoms with Gasteiger partial charge in [0.2, 0.25) is 0 Å². The summed E-state index contributed by atoms with van der Waals surface area (Å²) < 4.78 is 1.96. The maximum Gasteiger partial charge on any atom is 0.0798 e. The van der Waals surface area contributed by atoms with Crippen molar-refractivity contribution < 1.29 is 0 Å². The van der Waals surface area contributed by atoms with Crippen LogP contribution >= 0.6 is 11.3 Å². The molecule has 4 nitrogen and oxygen atoms in total. The maximum absolute atomic E-state index is 4.36. The van der Waals surface area contributed by atoms with Crippen LogP contribution in [0.25, 0.3) is 0 Å². The number of nitrogens with one attached hydrogen (secondary N) is 1. The Bertz CT molecular complexity index is 489. The Balaban J connectivity index is 2.27. The van der Waals surface area contributed by atoms with Gasteiger partial charge in [-0.3, -0.25) is 4.68 Å². The minimum atomic E-state index is 0.220. The van der Waals surface area contributed by atoms with Gasteiger partial charge < -0.3 is 5.32 Å². The predicted molar refractivity (Wildman–Crippen MR) is 74.9 cm³/mol. The lowest BCUT2D eigenvalue weighted by Crippen LogP contribution is -2.22. The van der Waals surface area contributed by atoms with Gasteiger partial charge in [-0.2, -0.15) is 5.10 Å². The van der Waals surface area contributed by atoms with Crippen LogP contribution in [0.2, 0.25) is 0 Å². The van der Waals surface area contributed by atoms with Crippen LogP contribution in [0.5, 0.6) is 0 Å². The van der Waals surface area contributed by atoms with Gasteiger partial charge in [0.1, 0.15) is 0 Å². The number of nitrogens with zero attached hydrogens (tertiary/aromatic N) is 3. The number of aromatic nitrogens is 3. The standard InChI is InChI=1S/C13H20N4S/c1-4-6-14-12(13-10(3)15-9-18-13)11-7-16-17(5-2)8-11/h7-9,12,14H,4-6H2,1-3H3. The fourth-order valence-electron chi connectivity index (χ4n) is 1.94. The minimum Gasteiger partial charge on any atom is -0.305 e. The van der Waals surface area contributed by atoms with Crippen LogP contribution in [-0.2, 0) is 6.54 Å². The summed E-state index contributed by atoms with van der Waals surface area (Å²) in [6.45, 7) is 8.25. The second kappa shape index (κ2) is 6.11. The molecule has 98 valence electrons. The van der Waals surface area contributed by atoms with Crippen LogP contribution in [0.4, 0.5) is 0 Å². The molecule has 0 fully saturated rings. The van der Waals surface area contributed by atoms with E-state index in [1.54, 1.807) is 11.3 Å². The second-order valence-electron chi connectivity index (χ2n) is 4.32. The molecule has 2 heterocycles. The number of aryl methyl sites for hydroxylation is 2. The molecule has 2 rings (SSSR count). The SMILES string of the molecule is CCCNC(c1cnn(CC)c1)c1scnc1C. The number of rotatable bonds is 6. The normalized spacial score (nSPS) is 12.8. The molecule has 0 aliphatic carbocycles. The molecular formula is C13H20N4S. The van der Waals surface area contributed by atoms with Crippen molar-refractivity contribution in [1.82, 2.24) is 20.1 Å². The number of hydrogen-bond acceptors (Lipinski definition) is 4. The van der Waals surface area contributed by atoms with Crippen LogP contribution in [0.1, 0.15) is 42.4 Å². The van der Waals surface area contributed by atoms with E-state index in [9.17, 15) is 0 Å². The van der Waals surface area contributed by atoms with Crippen LogP contribution < -0.4 is 5.32 Å². The molecule has 0 bridgehead atoms. The number of hydrogen-bond donors (Lipinski definition) is 1. The molecule has 0 aliphatic rings. The minimum absolute atomic E-state index is 0.220. The molecular weight excluding hydrogens is 244 g/mol. The van der Waals surface area contributed by atoms with Crippen molar-refractivity contribution in [3.05, 3.63) is 34.0 Å². The third-order valence-corrected chi connectivity index (χ3v) is 3.95. The average Bonchev–Trinajstić information content (AvgIpc) is 3.00. The van der Waals surface area contributed by atoms with Crippen molar-refractivity contribution in [2.24, 2.45) is 0 Å². The molecule has 0 saturated heterocycles. The van der Waals surface area contributed by atoms with Gasteiger partial charge in [0.15, 0.2) is 0 Å². The first-order valence-corrected chi connectivity index (χ1v) is 7.30. The third-order valence-electron chi connectivity index (χ3n) is 2.95. The topological polar surface area (TPSA) is 42.7 Å². The van der Waals surface area contributed by atoms with Crippen molar-refractivity contribution >= 4 is 11.3 Å². The summed E-state index contributed by atoms with van der Waals surface area (Å²) in [6, 6.07) is 0.220. The molecule has 1 atom stereocenters. The quantitative estimate of drug-likeness (QED) is 0.872.